The minimum absolute atomic E-state index is 0.192. The van der Waals surface area contributed by atoms with Gasteiger partial charge < -0.3 is 10.2 Å². The van der Waals surface area contributed by atoms with Crippen LogP contribution in [0.3, 0.4) is 0 Å². The van der Waals surface area contributed by atoms with Crippen molar-refractivity contribution < 1.29 is 10.2 Å². The standard InChI is InChI=1S/C11H13BrO2/c12-8-3-4-10(13)9(7-8)11(14)5-1-2-6-11/h3-4,7,13-14H,1-2,5-6H2. The maximum Gasteiger partial charge on any atom is 0.121 e. The molecule has 76 valence electrons. The highest BCUT2D eigenvalue weighted by atomic mass is 79.9. The fourth-order valence-corrected chi connectivity index (χ4v) is 2.47. The van der Waals surface area contributed by atoms with Gasteiger partial charge in [0.15, 0.2) is 0 Å². The summed E-state index contributed by atoms with van der Waals surface area (Å²) < 4.78 is 0.894. The minimum Gasteiger partial charge on any atom is -0.508 e. The van der Waals surface area contributed by atoms with Crippen LogP contribution in [0.15, 0.2) is 22.7 Å². The van der Waals surface area contributed by atoms with Crippen molar-refractivity contribution in [2.45, 2.75) is 31.3 Å². The second-order valence-electron chi connectivity index (χ2n) is 3.90. The first kappa shape index (κ1) is 9.99. The second kappa shape index (κ2) is 3.55. The molecule has 1 saturated carbocycles. The lowest BCUT2D eigenvalue weighted by atomic mass is 9.91. The summed E-state index contributed by atoms with van der Waals surface area (Å²) >= 11 is 3.35. The second-order valence-corrected chi connectivity index (χ2v) is 4.82. The number of aromatic hydroxyl groups is 1. The summed E-state index contributed by atoms with van der Waals surface area (Å²) in [6, 6.07) is 5.20. The minimum atomic E-state index is -0.812. The van der Waals surface area contributed by atoms with Crippen LogP contribution in [0.5, 0.6) is 5.75 Å². The molecular weight excluding hydrogens is 244 g/mol. The molecule has 0 unspecified atom stereocenters. The van der Waals surface area contributed by atoms with E-state index in [0.717, 1.165) is 30.2 Å². The summed E-state index contributed by atoms with van der Waals surface area (Å²) in [7, 11) is 0. The number of hydrogen-bond donors (Lipinski definition) is 2. The zero-order valence-corrected chi connectivity index (χ0v) is 9.42. The number of hydrogen-bond acceptors (Lipinski definition) is 2. The molecule has 2 rings (SSSR count). The number of aliphatic hydroxyl groups is 1. The fraction of sp³-hybridized carbons (Fsp3) is 0.455. The lowest BCUT2D eigenvalue weighted by molar-refractivity contribution is 0.0420. The highest BCUT2D eigenvalue weighted by molar-refractivity contribution is 9.10. The Balaban J connectivity index is 2.44. The van der Waals surface area contributed by atoms with Crippen molar-refractivity contribution in [3.8, 4) is 5.75 Å². The van der Waals surface area contributed by atoms with E-state index in [9.17, 15) is 10.2 Å². The van der Waals surface area contributed by atoms with Gasteiger partial charge in [-0.15, -0.1) is 0 Å². The van der Waals surface area contributed by atoms with E-state index in [1.807, 2.05) is 0 Å². The number of phenols is 1. The molecule has 0 aromatic heterocycles. The Bertz CT molecular complexity index is 343. The van der Waals surface area contributed by atoms with Gasteiger partial charge in [-0.1, -0.05) is 28.8 Å². The van der Waals surface area contributed by atoms with Crippen LogP contribution in [0.2, 0.25) is 0 Å². The molecule has 0 heterocycles. The van der Waals surface area contributed by atoms with Gasteiger partial charge in [-0.3, -0.25) is 0 Å². The van der Waals surface area contributed by atoms with Gasteiger partial charge >= 0.3 is 0 Å². The van der Waals surface area contributed by atoms with Gasteiger partial charge in [-0.2, -0.15) is 0 Å². The Labute approximate surface area is 91.7 Å². The van der Waals surface area contributed by atoms with Crippen molar-refractivity contribution in [3.63, 3.8) is 0 Å². The third-order valence-electron chi connectivity index (χ3n) is 2.89. The van der Waals surface area contributed by atoms with E-state index in [-0.39, 0.29) is 5.75 Å². The summed E-state index contributed by atoms with van der Waals surface area (Å²) in [6.07, 6.45) is 3.55. The van der Waals surface area contributed by atoms with E-state index in [1.54, 1.807) is 18.2 Å². The number of benzene rings is 1. The van der Waals surface area contributed by atoms with E-state index in [0.29, 0.717) is 5.56 Å². The first-order chi connectivity index (χ1) is 6.62. The predicted octanol–water partition coefficient (Wildman–Crippen LogP) is 2.92. The normalized spacial score (nSPS) is 19.9. The maximum absolute atomic E-state index is 10.3. The Morgan fingerprint density at radius 1 is 1.21 bits per heavy atom. The lowest BCUT2D eigenvalue weighted by Crippen LogP contribution is -2.20. The molecule has 0 bridgehead atoms. The van der Waals surface area contributed by atoms with Gasteiger partial charge in [0.1, 0.15) is 5.75 Å². The Morgan fingerprint density at radius 3 is 2.50 bits per heavy atom. The smallest absolute Gasteiger partial charge is 0.121 e. The Hall–Kier alpha value is -0.540. The van der Waals surface area contributed by atoms with Crippen LogP contribution in [0, 0.1) is 0 Å². The predicted molar refractivity (Wildman–Crippen MR) is 58.2 cm³/mol. The average Bonchev–Trinajstić information content (AvgIpc) is 2.58. The van der Waals surface area contributed by atoms with Gasteiger partial charge in [0.2, 0.25) is 0 Å². The van der Waals surface area contributed by atoms with Gasteiger partial charge in [-0.25, -0.2) is 0 Å². The molecule has 0 radical (unpaired) electrons. The fourth-order valence-electron chi connectivity index (χ4n) is 2.11. The van der Waals surface area contributed by atoms with Crippen LogP contribution < -0.4 is 0 Å². The molecule has 0 spiro atoms. The van der Waals surface area contributed by atoms with E-state index < -0.39 is 5.60 Å². The Morgan fingerprint density at radius 2 is 1.86 bits per heavy atom. The molecule has 2 nitrogen and oxygen atoms in total. The summed E-state index contributed by atoms with van der Waals surface area (Å²) in [4.78, 5) is 0. The van der Waals surface area contributed by atoms with Gasteiger partial charge in [-0.05, 0) is 31.0 Å². The van der Waals surface area contributed by atoms with E-state index >= 15 is 0 Å². The molecule has 1 aliphatic rings. The van der Waals surface area contributed by atoms with E-state index in [1.165, 1.54) is 0 Å². The first-order valence-corrected chi connectivity index (χ1v) is 5.62. The Kier molecular flexibility index (Phi) is 2.54. The lowest BCUT2D eigenvalue weighted by Gasteiger charge is -2.23. The van der Waals surface area contributed by atoms with Crippen LogP contribution >= 0.6 is 15.9 Å². The molecule has 3 heteroatoms. The highest BCUT2D eigenvalue weighted by Gasteiger charge is 2.35. The topological polar surface area (TPSA) is 40.5 Å². The summed E-state index contributed by atoms with van der Waals surface area (Å²) in [5, 5.41) is 20.0. The first-order valence-electron chi connectivity index (χ1n) is 4.83. The zero-order chi connectivity index (χ0) is 10.2. The van der Waals surface area contributed by atoms with Crippen LogP contribution in [0.1, 0.15) is 31.2 Å². The number of halogens is 1. The number of phenolic OH excluding ortho intramolecular Hbond substituents is 1. The van der Waals surface area contributed by atoms with Gasteiger partial charge in [0, 0.05) is 10.0 Å². The zero-order valence-electron chi connectivity index (χ0n) is 7.83. The molecule has 0 atom stereocenters. The van der Waals surface area contributed by atoms with Gasteiger partial charge in [0.25, 0.3) is 0 Å². The molecule has 14 heavy (non-hydrogen) atoms. The van der Waals surface area contributed by atoms with Crippen LogP contribution in [0.25, 0.3) is 0 Å². The number of rotatable bonds is 1. The van der Waals surface area contributed by atoms with Crippen molar-refractivity contribution in [3.05, 3.63) is 28.2 Å². The monoisotopic (exact) mass is 256 g/mol. The van der Waals surface area contributed by atoms with Crippen molar-refractivity contribution in [2.24, 2.45) is 0 Å². The molecule has 1 aromatic rings. The maximum atomic E-state index is 10.3. The quantitative estimate of drug-likeness (QED) is 0.812. The SMILES string of the molecule is Oc1ccc(Br)cc1C1(O)CCCC1. The molecule has 1 aliphatic carbocycles. The average molecular weight is 257 g/mol. The van der Waals surface area contributed by atoms with Crippen molar-refractivity contribution >= 4 is 15.9 Å². The molecule has 1 fully saturated rings. The third-order valence-corrected chi connectivity index (χ3v) is 3.38. The molecule has 1 aromatic carbocycles. The van der Waals surface area contributed by atoms with E-state index in [4.69, 9.17) is 0 Å². The molecule has 2 N–H and O–H groups in total. The molecule has 0 amide bonds. The summed E-state index contributed by atoms with van der Waals surface area (Å²) in [5.41, 5.74) is -0.155. The molecule has 0 aliphatic heterocycles. The molecule has 0 saturated heterocycles. The van der Waals surface area contributed by atoms with Gasteiger partial charge in [0.05, 0.1) is 5.60 Å². The van der Waals surface area contributed by atoms with E-state index in [2.05, 4.69) is 15.9 Å². The molecular formula is C11H13BrO2. The van der Waals surface area contributed by atoms with Crippen molar-refractivity contribution in [1.29, 1.82) is 0 Å². The third kappa shape index (κ3) is 1.66. The largest absolute Gasteiger partial charge is 0.508 e. The van der Waals surface area contributed by atoms with Crippen LogP contribution in [-0.2, 0) is 5.60 Å². The summed E-state index contributed by atoms with van der Waals surface area (Å²) in [6.45, 7) is 0. The highest BCUT2D eigenvalue weighted by Crippen LogP contribution is 2.42. The summed E-state index contributed by atoms with van der Waals surface area (Å²) in [5.74, 6) is 0.192. The van der Waals surface area contributed by atoms with Crippen molar-refractivity contribution in [1.82, 2.24) is 0 Å². The van der Waals surface area contributed by atoms with Crippen LogP contribution in [-0.4, -0.2) is 10.2 Å². The van der Waals surface area contributed by atoms with Crippen molar-refractivity contribution in [2.75, 3.05) is 0 Å². The van der Waals surface area contributed by atoms with Crippen LogP contribution in [0.4, 0.5) is 0 Å².